The monoisotopic (exact) mass is 255 g/mol. The van der Waals surface area contributed by atoms with Crippen LogP contribution < -0.4 is 4.74 Å². The van der Waals surface area contributed by atoms with Crippen molar-refractivity contribution in [1.29, 1.82) is 10.5 Å². The Morgan fingerprint density at radius 1 is 1.11 bits per heavy atom. The highest BCUT2D eigenvalue weighted by Crippen LogP contribution is 2.19. The second-order valence-electron chi connectivity index (χ2n) is 4.69. The van der Waals surface area contributed by atoms with Crippen molar-refractivity contribution in [2.24, 2.45) is 0 Å². The van der Waals surface area contributed by atoms with Gasteiger partial charge in [-0.3, -0.25) is 4.90 Å². The number of ether oxygens (including phenoxy) is 1. The van der Waals surface area contributed by atoms with Crippen molar-refractivity contribution >= 4 is 0 Å². The van der Waals surface area contributed by atoms with Crippen LogP contribution in [0.4, 0.5) is 0 Å². The van der Waals surface area contributed by atoms with Crippen molar-refractivity contribution in [1.82, 2.24) is 4.90 Å². The molecule has 0 spiro atoms. The van der Waals surface area contributed by atoms with E-state index >= 15 is 0 Å². The Morgan fingerprint density at radius 3 is 2.58 bits per heavy atom. The van der Waals surface area contributed by atoms with Crippen LogP contribution in [0.2, 0.25) is 0 Å². The lowest BCUT2D eigenvalue weighted by Crippen LogP contribution is -2.33. The number of piperidine rings is 1. The van der Waals surface area contributed by atoms with Crippen molar-refractivity contribution in [3.63, 3.8) is 0 Å². The molecule has 1 aromatic rings. The summed E-state index contributed by atoms with van der Waals surface area (Å²) in [6.07, 6.45) is 3.85. The van der Waals surface area contributed by atoms with Crippen LogP contribution >= 0.6 is 0 Å². The normalized spacial score (nSPS) is 15.5. The fraction of sp³-hybridized carbons (Fsp3) is 0.467. The zero-order valence-electron chi connectivity index (χ0n) is 10.9. The molecule has 1 fully saturated rings. The zero-order valence-corrected chi connectivity index (χ0v) is 10.9. The van der Waals surface area contributed by atoms with E-state index in [1.807, 2.05) is 6.07 Å². The standard InChI is InChI=1S/C15H17N3O/c16-11-13-4-5-15(14(10-13)12-17)19-9-8-18-6-2-1-3-7-18/h4-5,10H,1-3,6-9H2. The molecule has 4 nitrogen and oxygen atoms in total. The Bertz CT molecular complexity index is 507. The third kappa shape index (κ3) is 3.71. The van der Waals surface area contributed by atoms with E-state index in [2.05, 4.69) is 11.0 Å². The first-order valence-electron chi connectivity index (χ1n) is 6.63. The minimum absolute atomic E-state index is 0.428. The van der Waals surface area contributed by atoms with Crippen LogP contribution in [0.3, 0.4) is 0 Å². The number of hydrogen-bond acceptors (Lipinski definition) is 4. The van der Waals surface area contributed by atoms with Gasteiger partial charge in [-0.1, -0.05) is 6.42 Å². The first-order valence-corrected chi connectivity index (χ1v) is 6.63. The Hall–Kier alpha value is -2.04. The van der Waals surface area contributed by atoms with Gasteiger partial charge in [0.05, 0.1) is 17.2 Å². The number of likely N-dealkylation sites (tertiary alicyclic amines) is 1. The maximum atomic E-state index is 9.04. The van der Waals surface area contributed by atoms with Crippen LogP contribution in [0.15, 0.2) is 18.2 Å². The minimum atomic E-state index is 0.428. The van der Waals surface area contributed by atoms with Crippen LogP contribution in [0.1, 0.15) is 30.4 Å². The average molecular weight is 255 g/mol. The van der Waals surface area contributed by atoms with Crippen molar-refractivity contribution in [3.8, 4) is 17.9 Å². The highest BCUT2D eigenvalue weighted by molar-refractivity contribution is 5.48. The predicted octanol–water partition coefficient (Wildman–Crippen LogP) is 2.29. The number of hydrogen-bond donors (Lipinski definition) is 0. The molecule has 0 unspecified atom stereocenters. The predicted molar refractivity (Wildman–Crippen MR) is 71.7 cm³/mol. The van der Waals surface area contributed by atoms with Crippen LogP contribution in [-0.2, 0) is 0 Å². The molecule has 0 amide bonds. The van der Waals surface area contributed by atoms with E-state index in [0.29, 0.717) is 23.5 Å². The fourth-order valence-corrected chi connectivity index (χ4v) is 2.28. The number of nitrogens with zero attached hydrogens (tertiary/aromatic N) is 3. The van der Waals surface area contributed by atoms with Gasteiger partial charge in [-0.05, 0) is 44.1 Å². The van der Waals surface area contributed by atoms with Crippen molar-refractivity contribution in [2.75, 3.05) is 26.2 Å². The molecule has 98 valence electrons. The molecule has 1 aromatic carbocycles. The highest BCUT2D eigenvalue weighted by Gasteiger charge is 2.10. The molecular weight excluding hydrogens is 238 g/mol. The molecule has 0 aromatic heterocycles. The third-order valence-corrected chi connectivity index (χ3v) is 3.34. The first kappa shape index (κ1) is 13.4. The Kier molecular flexibility index (Phi) is 4.78. The van der Waals surface area contributed by atoms with E-state index < -0.39 is 0 Å². The van der Waals surface area contributed by atoms with Gasteiger partial charge in [0.15, 0.2) is 0 Å². The summed E-state index contributed by atoms with van der Waals surface area (Å²) in [4.78, 5) is 2.39. The lowest BCUT2D eigenvalue weighted by atomic mass is 10.1. The van der Waals surface area contributed by atoms with Crippen LogP contribution in [0.25, 0.3) is 0 Å². The summed E-state index contributed by atoms with van der Waals surface area (Å²) < 4.78 is 5.66. The second-order valence-corrected chi connectivity index (χ2v) is 4.69. The van der Waals surface area contributed by atoms with E-state index in [1.54, 1.807) is 18.2 Å². The SMILES string of the molecule is N#Cc1ccc(OCCN2CCCCC2)c(C#N)c1. The number of rotatable bonds is 4. The van der Waals surface area contributed by atoms with E-state index in [-0.39, 0.29) is 0 Å². The van der Waals surface area contributed by atoms with Crippen molar-refractivity contribution < 1.29 is 4.74 Å². The largest absolute Gasteiger partial charge is 0.491 e. The Balaban J connectivity index is 1.89. The molecule has 4 heteroatoms. The van der Waals surface area contributed by atoms with E-state index in [0.717, 1.165) is 19.6 Å². The van der Waals surface area contributed by atoms with Gasteiger partial charge in [-0.15, -0.1) is 0 Å². The molecule has 0 atom stereocenters. The highest BCUT2D eigenvalue weighted by atomic mass is 16.5. The molecule has 19 heavy (non-hydrogen) atoms. The summed E-state index contributed by atoms with van der Waals surface area (Å²) >= 11 is 0. The maximum absolute atomic E-state index is 9.04. The molecular formula is C15H17N3O. The molecule has 1 saturated heterocycles. The molecule has 0 bridgehead atoms. The summed E-state index contributed by atoms with van der Waals surface area (Å²) in [5, 5.41) is 17.8. The molecule has 1 heterocycles. The quantitative estimate of drug-likeness (QED) is 0.828. The topological polar surface area (TPSA) is 60.0 Å². The molecule has 1 aliphatic rings. The maximum Gasteiger partial charge on any atom is 0.137 e. The van der Waals surface area contributed by atoms with Crippen molar-refractivity contribution in [3.05, 3.63) is 29.3 Å². The van der Waals surface area contributed by atoms with Gasteiger partial charge in [-0.2, -0.15) is 10.5 Å². The van der Waals surface area contributed by atoms with Crippen molar-refractivity contribution in [2.45, 2.75) is 19.3 Å². The lowest BCUT2D eigenvalue weighted by molar-refractivity contribution is 0.183. The van der Waals surface area contributed by atoms with Crippen LogP contribution in [-0.4, -0.2) is 31.1 Å². The molecule has 1 aliphatic heterocycles. The number of benzene rings is 1. The average Bonchev–Trinajstić information content (AvgIpc) is 2.48. The van der Waals surface area contributed by atoms with Gasteiger partial charge in [0.2, 0.25) is 0 Å². The minimum Gasteiger partial charge on any atom is -0.491 e. The van der Waals surface area contributed by atoms with Crippen LogP contribution in [0.5, 0.6) is 5.75 Å². The fourth-order valence-electron chi connectivity index (χ4n) is 2.28. The summed E-state index contributed by atoms with van der Waals surface area (Å²) in [5.41, 5.74) is 0.914. The first-order chi connectivity index (χ1) is 9.33. The summed E-state index contributed by atoms with van der Waals surface area (Å²) in [7, 11) is 0. The van der Waals surface area contributed by atoms with Gasteiger partial charge >= 0.3 is 0 Å². The van der Waals surface area contributed by atoms with Gasteiger partial charge in [0.1, 0.15) is 18.4 Å². The molecule has 0 aliphatic carbocycles. The van der Waals surface area contributed by atoms with Gasteiger partial charge in [0, 0.05) is 6.54 Å². The Morgan fingerprint density at radius 2 is 1.89 bits per heavy atom. The second kappa shape index (κ2) is 6.78. The Labute approximate surface area is 113 Å². The molecule has 0 radical (unpaired) electrons. The van der Waals surface area contributed by atoms with Crippen LogP contribution in [0, 0.1) is 22.7 Å². The molecule has 0 N–H and O–H groups in total. The van der Waals surface area contributed by atoms with Gasteiger partial charge in [-0.25, -0.2) is 0 Å². The van der Waals surface area contributed by atoms with E-state index in [4.69, 9.17) is 15.3 Å². The summed E-state index contributed by atoms with van der Waals surface area (Å²) in [5.74, 6) is 0.568. The van der Waals surface area contributed by atoms with Gasteiger partial charge < -0.3 is 4.74 Å². The summed E-state index contributed by atoms with van der Waals surface area (Å²) in [6.45, 7) is 3.76. The van der Waals surface area contributed by atoms with Gasteiger partial charge in [0.25, 0.3) is 0 Å². The molecule has 0 saturated carbocycles. The summed E-state index contributed by atoms with van der Waals surface area (Å²) in [6, 6.07) is 9.04. The number of nitriles is 2. The zero-order chi connectivity index (χ0) is 13.5. The molecule has 2 rings (SSSR count). The lowest BCUT2D eigenvalue weighted by Gasteiger charge is -2.26. The smallest absolute Gasteiger partial charge is 0.137 e. The van der Waals surface area contributed by atoms with E-state index in [9.17, 15) is 0 Å². The van der Waals surface area contributed by atoms with E-state index in [1.165, 1.54) is 19.3 Å². The third-order valence-electron chi connectivity index (χ3n) is 3.34.